The predicted octanol–water partition coefficient (Wildman–Crippen LogP) is 3.77. The molecule has 2 aromatic heterocycles. The van der Waals surface area contributed by atoms with E-state index in [-0.39, 0.29) is 5.82 Å². The van der Waals surface area contributed by atoms with Crippen LogP contribution in [0.3, 0.4) is 0 Å². The largest absolute Gasteiger partial charge is 0.387 e. The normalized spacial score (nSPS) is 12.3. The SMILES string of the molecule is OC(CNCc1ccc(-c2ccncc2)cc1F)c1ccsc1. The fourth-order valence-corrected chi connectivity index (χ4v) is 3.05. The van der Waals surface area contributed by atoms with Gasteiger partial charge < -0.3 is 10.4 Å². The number of nitrogens with one attached hydrogen (secondary N) is 1. The van der Waals surface area contributed by atoms with E-state index in [2.05, 4.69) is 10.3 Å². The van der Waals surface area contributed by atoms with Crippen LogP contribution in [0.2, 0.25) is 0 Å². The lowest BCUT2D eigenvalue weighted by molar-refractivity contribution is 0.174. The Morgan fingerprint density at radius 1 is 1.13 bits per heavy atom. The molecule has 2 heterocycles. The summed E-state index contributed by atoms with van der Waals surface area (Å²) >= 11 is 1.55. The highest BCUT2D eigenvalue weighted by molar-refractivity contribution is 7.07. The highest BCUT2D eigenvalue weighted by Gasteiger charge is 2.09. The molecule has 3 rings (SSSR count). The van der Waals surface area contributed by atoms with Crippen LogP contribution in [0.15, 0.2) is 59.6 Å². The first-order chi connectivity index (χ1) is 11.2. The van der Waals surface area contributed by atoms with Crippen molar-refractivity contribution in [1.82, 2.24) is 10.3 Å². The minimum absolute atomic E-state index is 0.253. The second-order valence-electron chi connectivity index (χ2n) is 5.25. The molecule has 0 aliphatic rings. The van der Waals surface area contributed by atoms with Gasteiger partial charge in [-0.2, -0.15) is 11.3 Å². The molecule has 0 aliphatic carbocycles. The first-order valence-electron chi connectivity index (χ1n) is 7.34. The zero-order chi connectivity index (χ0) is 16.1. The van der Waals surface area contributed by atoms with E-state index in [4.69, 9.17) is 0 Å². The van der Waals surface area contributed by atoms with Crippen molar-refractivity contribution in [2.24, 2.45) is 0 Å². The van der Waals surface area contributed by atoms with Gasteiger partial charge in [0, 0.05) is 31.0 Å². The van der Waals surface area contributed by atoms with Crippen molar-refractivity contribution in [3.8, 4) is 11.1 Å². The molecule has 0 radical (unpaired) electrons. The Kier molecular flexibility index (Phi) is 5.12. The molecular formula is C18H17FN2OS. The molecule has 1 atom stereocenters. The predicted molar refractivity (Wildman–Crippen MR) is 90.6 cm³/mol. The number of halogens is 1. The third kappa shape index (κ3) is 4.01. The first kappa shape index (κ1) is 15.8. The van der Waals surface area contributed by atoms with Gasteiger partial charge in [-0.05, 0) is 51.7 Å². The Hall–Kier alpha value is -2.08. The molecular weight excluding hydrogens is 311 g/mol. The molecule has 1 unspecified atom stereocenters. The van der Waals surface area contributed by atoms with Crippen LogP contribution < -0.4 is 5.32 Å². The summed E-state index contributed by atoms with van der Waals surface area (Å²) in [6, 6.07) is 10.8. The fourth-order valence-electron chi connectivity index (χ4n) is 2.34. The maximum Gasteiger partial charge on any atom is 0.128 e. The van der Waals surface area contributed by atoms with E-state index in [0.29, 0.717) is 18.7 Å². The molecule has 23 heavy (non-hydrogen) atoms. The average molecular weight is 328 g/mol. The highest BCUT2D eigenvalue weighted by Crippen LogP contribution is 2.21. The lowest BCUT2D eigenvalue weighted by Crippen LogP contribution is -2.21. The molecule has 0 fully saturated rings. The van der Waals surface area contributed by atoms with Gasteiger partial charge in [-0.3, -0.25) is 4.98 Å². The average Bonchev–Trinajstić information content (AvgIpc) is 3.11. The summed E-state index contributed by atoms with van der Waals surface area (Å²) in [5, 5.41) is 16.9. The minimum Gasteiger partial charge on any atom is -0.387 e. The monoisotopic (exact) mass is 328 g/mol. The summed E-state index contributed by atoms with van der Waals surface area (Å²) in [7, 11) is 0. The molecule has 5 heteroatoms. The quantitative estimate of drug-likeness (QED) is 0.724. The molecule has 118 valence electrons. The third-order valence-corrected chi connectivity index (χ3v) is 4.35. The van der Waals surface area contributed by atoms with Gasteiger partial charge in [0.15, 0.2) is 0 Å². The van der Waals surface area contributed by atoms with Gasteiger partial charge in [0.25, 0.3) is 0 Å². The lowest BCUT2D eigenvalue weighted by atomic mass is 10.0. The number of thiophene rings is 1. The second-order valence-corrected chi connectivity index (χ2v) is 6.03. The summed E-state index contributed by atoms with van der Waals surface area (Å²) in [6.45, 7) is 0.770. The molecule has 1 aromatic carbocycles. The number of hydrogen-bond donors (Lipinski definition) is 2. The first-order valence-corrected chi connectivity index (χ1v) is 8.28. The Labute approximate surface area is 138 Å². The number of aliphatic hydroxyl groups excluding tert-OH is 1. The summed E-state index contributed by atoms with van der Waals surface area (Å²) in [5.74, 6) is -0.253. The molecule has 3 nitrogen and oxygen atoms in total. The second kappa shape index (κ2) is 7.46. The molecule has 0 aliphatic heterocycles. The van der Waals surface area contributed by atoms with E-state index in [1.165, 1.54) is 6.07 Å². The maximum absolute atomic E-state index is 14.2. The summed E-state index contributed by atoms with van der Waals surface area (Å²) < 4.78 is 14.2. The Morgan fingerprint density at radius 3 is 2.65 bits per heavy atom. The molecule has 2 N–H and O–H groups in total. The minimum atomic E-state index is -0.569. The summed E-state index contributed by atoms with van der Waals surface area (Å²) in [6.07, 6.45) is 2.81. The van der Waals surface area contributed by atoms with E-state index in [1.54, 1.807) is 29.8 Å². The summed E-state index contributed by atoms with van der Waals surface area (Å²) in [5.41, 5.74) is 3.23. The highest BCUT2D eigenvalue weighted by atomic mass is 32.1. The smallest absolute Gasteiger partial charge is 0.128 e. The van der Waals surface area contributed by atoms with Gasteiger partial charge in [-0.25, -0.2) is 4.39 Å². The van der Waals surface area contributed by atoms with Crippen molar-refractivity contribution < 1.29 is 9.50 Å². The van der Waals surface area contributed by atoms with Crippen LogP contribution in [0.5, 0.6) is 0 Å². The van der Waals surface area contributed by atoms with Crippen molar-refractivity contribution in [3.05, 3.63) is 76.5 Å². The molecule has 0 saturated carbocycles. The van der Waals surface area contributed by atoms with E-state index in [1.807, 2.05) is 35.0 Å². The van der Waals surface area contributed by atoms with Crippen LogP contribution >= 0.6 is 11.3 Å². The van der Waals surface area contributed by atoms with Gasteiger partial charge in [0.05, 0.1) is 6.10 Å². The van der Waals surface area contributed by atoms with E-state index < -0.39 is 6.10 Å². The fraction of sp³-hybridized carbons (Fsp3) is 0.167. The van der Waals surface area contributed by atoms with Crippen molar-refractivity contribution >= 4 is 11.3 Å². The van der Waals surface area contributed by atoms with Crippen molar-refractivity contribution in [3.63, 3.8) is 0 Å². The van der Waals surface area contributed by atoms with Crippen LogP contribution in [0.4, 0.5) is 4.39 Å². The topological polar surface area (TPSA) is 45.1 Å². The van der Waals surface area contributed by atoms with Crippen LogP contribution in [-0.4, -0.2) is 16.6 Å². The van der Waals surface area contributed by atoms with Crippen molar-refractivity contribution in [2.45, 2.75) is 12.6 Å². The van der Waals surface area contributed by atoms with Gasteiger partial charge in [-0.1, -0.05) is 12.1 Å². The van der Waals surface area contributed by atoms with Gasteiger partial charge >= 0.3 is 0 Å². The summed E-state index contributed by atoms with van der Waals surface area (Å²) in [4.78, 5) is 3.96. The van der Waals surface area contributed by atoms with Crippen molar-refractivity contribution in [1.29, 1.82) is 0 Å². The Morgan fingerprint density at radius 2 is 1.96 bits per heavy atom. The maximum atomic E-state index is 14.2. The molecule has 0 amide bonds. The van der Waals surface area contributed by atoms with Crippen molar-refractivity contribution in [2.75, 3.05) is 6.54 Å². The number of rotatable bonds is 6. The third-order valence-electron chi connectivity index (χ3n) is 3.65. The zero-order valence-electron chi connectivity index (χ0n) is 12.4. The van der Waals surface area contributed by atoms with Crippen LogP contribution in [-0.2, 0) is 6.54 Å². The van der Waals surface area contributed by atoms with E-state index >= 15 is 0 Å². The van der Waals surface area contributed by atoms with E-state index in [0.717, 1.165) is 16.7 Å². The zero-order valence-corrected chi connectivity index (χ0v) is 13.3. The van der Waals surface area contributed by atoms with Gasteiger partial charge in [-0.15, -0.1) is 0 Å². The number of hydrogen-bond acceptors (Lipinski definition) is 4. The molecule has 0 bridgehead atoms. The molecule has 0 spiro atoms. The number of aliphatic hydroxyl groups is 1. The Bertz CT molecular complexity index is 747. The molecule has 0 saturated heterocycles. The Balaban J connectivity index is 1.61. The number of aromatic nitrogens is 1. The lowest BCUT2D eigenvalue weighted by Gasteiger charge is -2.11. The van der Waals surface area contributed by atoms with Gasteiger partial charge in [0.1, 0.15) is 5.82 Å². The van der Waals surface area contributed by atoms with E-state index in [9.17, 15) is 9.50 Å². The number of nitrogens with zero attached hydrogens (tertiary/aromatic N) is 1. The standard InChI is InChI=1S/C18H17FN2OS/c19-17-9-14(13-3-6-20-7-4-13)1-2-15(17)10-21-11-18(22)16-5-8-23-12-16/h1-9,12,18,21-22H,10-11H2. The number of benzene rings is 1. The van der Waals surface area contributed by atoms with Crippen LogP contribution in [0.25, 0.3) is 11.1 Å². The molecule has 3 aromatic rings. The van der Waals surface area contributed by atoms with Crippen LogP contribution in [0, 0.1) is 5.82 Å². The van der Waals surface area contributed by atoms with Gasteiger partial charge in [0.2, 0.25) is 0 Å². The number of pyridine rings is 1. The van der Waals surface area contributed by atoms with Crippen LogP contribution in [0.1, 0.15) is 17.2 Å².